The molecule has 2 bridgehead atoms. The first-order valence-electron chi connectivity index (χ1n) is 7.89. The van der Waals surface area contributed by atoms with Crippen LogP contribution in [-0.2, 0) is 11.2 Å². The van der Waals surface area contributed by atoms with E-state index in [1.165, 1.54) is 25.7 Å². The second-order valence-electron chi connectivity index (χ2n) is 6.54. The van der Waals surface area contributed by atoms with Crippen LogP contribution >= 0.6 is 0 Å². The van der Waals surface area contributed by atoms with Crippen molar-refractivity contribution in [2.24, 2.45) is 17.8 Å². The average Bonchev–Trinajstić information content (AvgIpc) is 3.21. The normalized spacial score (nSPS) is 27.3. The summed E-state index contributed by atoms with van der Waals surface area (Å²) in [6.45, 7) is 0.829. The third kappa shape index (κ3) is 2.43. The third-order valence-electron chi connectivity index (χ3n) is 5.23. The van der Waals surface area contributed by atoms with E-state index in [0.717, 1.165) is 35.0 Å². The molecule has 4 rings (SSSR count). The molecule has 0 spiro atoms. The van der Waals surface area contributed by atoms with E-state index in [9.17, 15) is 4.79 Å². The van der Waals surface area contributed by atoms with Crippen molar-refractivity contribution in [3.63, 3.8) is 0 Å². The van der Waals surface area contributed by atoms with Crippen LogP contribution in [0, 0.1) is 17.8 Å². The number of carbonyl (C=O) groups excluding carboxylic acids is 1. The lowest BCUT2D eigenvalue weighted by Gasteiger charge is -2.21. The fourth-order valence-electron chi connectivity index (χ4n) is 4.15. The van der Waals surface area contributed by atoms with Crippen molar-refractivity contribution in [3.8, 4) is 0 Å². The summed E-state index contributed by atoms with van der Waals surface area (Å²) in [7, 11) is 0. The summed E-state index contributed by atoms with van der Waals surface area (Å²) < 4.78 is 5.24. The topological polar surface area (TPSA) is 55.1 Å². The summed E-state index contributed by atoms with van der Waals surface area (Å²) in [5.74, 6) is 2.53. The van der Waals surface area contributed by atoms with Crippen molar-refractivity contribution < 1.29 is 9.32 Å². The summed E-state index contributed by atoms with van der Waals surface area (Å²) in [5, 5.41) is 8.05. The molecule has 0 aliphatic heterocycles. The van der Waals surface area contributed by atoms with Crippen LogP contribution in [0.1, 0.15) is 31.4 Å². The Labute approximate surface area is 123 Å². The second kappa shape index (κ2) is 5.17. The number of hydrogen-bond acceptors (Lipinski definition) is 3. The molecule has 21 heavy (non-hydrogen) atoms. The maximum absolute atomic E-state index is 12.1. The molecule has 2 fully saturated rings. The first kappa shape index (κ1) is 12.9. The largest absolute Gasteiger partial charge is 0.356 e. The lowest BCUT2D eigenvalue weighted by molar-refractivity contribution is -0.120. The average molecular weight is 284 g/mol. The zero-order valence-corrected chi connectivity index (χ0v) is 12.0. The predicted molar refractivity (Wildman–Crippen MR) is 79.7 cm³/mol. The molecule has 2 aliphatic rings. The van der Waals surface area contributed by atoms with Gasteiger partial charge in [-0.05, 0) is 49.1 Å². The highest BCUT2D eigenvalue weighted by atomic mass is 16.5. The van der Waals surface area contributed by atoms with Gasteiger partial charge in [-0.2, -0.15) is 0 Å². The van der Waals surface area contributed by atoms with Gasteiger partial charge in [0.1, 0.15) is 5.69 Å². The van der Waals surface area contributed by atoms with Gasteiger partial charge in [0.15, 0.2) is 5.58 Å². The van der Waals surface area contributed by atoms with Crippen molar-refractivity contribution in [2.75, 3.05) is 6.54 Å². The summed E-state index contributed by atoms with van der Waals surface area (Å²) >= 11 is 0. The quantitative estimate of drug-likeness (QED) is 0.939. The van der Waals surface area contributed by atoms with Crippen LogP contribution in [0.5, 0.6) is 0 Å². The molecule has 3 atom stereocenters. The monoisotopic (exact) mass is 284 g/mol. The van der Waals surface area contributed by atoms with Crippen molar-refractivity contribution in [1.82, 2.24) is 10.5 Å². The van der Waals surface area contributed by atoms with Crippen molar-refractivity contribution >= 4 is 16.9 Å². The highest BCUT2D eigenvalue weighted by molar-refractivity contribution is 5.86. The fraction of sp³-hybridized carbons (Fsp3) is 0.529. The molecule has 0 saturated heterocycles. The smallest absolute Gasteiger partial charge is 0.226 e. The van der Waals surface area contributed by atoms with Gasteiger partial charge >= 0.3 is 0 Å². The van der Waals surface area contributed by atoms with Crippen LogP contribution in [0.15, 0.2) is 28.8 Å². The van der Waals surface area contributed by atoms with E-state index in [2.05, 4.69) is 10.5 Å². The molecule has 0 radical (unpaired) electrons. The van der Waals surface area contributed by atoms with Gasteiger partial charge in [-0.1, -0.05) is 23.7 Å². The lowest BCUT2D eigenvalue weighted by Crippen LogP contribution is -2.32. The van der Waals surface area contributed by atoms with Crippen molar-refractivity contribution in [2.45, 2.75) is 32.1 Å². The van der Waals surface area contributed by atoms with E-state index >= 15 is 0 Å². The molecule has 1 heterocycles. The van der Waals surface area contributed by atoms with Gasteiger partial charge in [0.25, 0.3) is 0 Å². The van der Waals surface area contributed by atoms with E-state index in [4.69, 9.17) is 4.52 Å². The van der Waals surface area contributed by atoms with Gasteiger partial charge in [0.2, 0.25) is 5.91 Å². The van der Waals surface area contributed by atoms with Crippen LogP contribution in [0.3, 0.4) is 0 Å². The first-order chi connectivity index (χ1) is 10.3. The molecular weight excluding hydrogens is 264 g/mol. The maximum Gasteiger partial charge on any atom is 0.226 e. The molecule has 110 valence electrons. The summed E-state index contributed by atoms with van der Waals surface area (Å²) in [5.41, 5.74) is 1.48. The number of aromatic nitrogens is 1. The van der Waals surface area contributed by atoms with Crippen molar-refractivity contribution in [3.05, 3.63) is 30.0 Å². The number of fused-ring (bicyclic) bond motifs is 3. The number of carbonyl (C=O) groups is 1. The molecule has 1 aromatic heterocycles. The number of para-hydroxylation sites is 1. The molecule has 2 aromatic rings. The van der Waals surface area contributed by atoms with Crippen LogP contribution < -0.4 is 5.32 Å². The van der Waals surface area contributed by atoms with Crippen LogP contribution in [0.4, 0.5) is 0 Å². The Kier molecular flexibility index (Phi) is 3.17. The number of nitrogens with one attached hydrogen (secondary N) is 1. The van der Waals surface area contributed by atoms with Gasteiger partial charge in [0.05, 0.1) is 6.42 Å². The highest BCUT2D eigenvalue weighted by Crippen LogP contribution is 2.47. The highest BCUT2D eigenvalue weighted by Gasteiger charge is 2.39. The van der Waals surface area contributed by atoms with Crippen LogP contribution in [0.2, 0.25) is 0 Å². The Morgan fingerprint density at radius 2 is 2.19 bits per heavy atom. The SMILES string of the molecule is O=C(Cc1noc2ccccc12)NC[C@@H]1C[C@H]2CC[C@H]1C2. The van der Waals surface area contributed by atoms with E-state index in [1.807, 2.05) is 24.3 Å². The predicted octanol–water partition coefficient (Wildman–Crippen LogP) is 2.92. The molecule has 4 nitrogen and oxygen atoms in total. The van der Waals surface area contributed by atoms with Gasteiger partial charge < -0.3 is 9.84 Å². The van der Waals surface area contributed by atoms with Crippen LogP contribution in [0.25, 0.3) is 11.0 Å². The number of amides is 1. The Morgan fingerprint density at radius 1 is 1.29 bits per heavy atom. The molecule has 2 aliphatic carbocycles. The molecule has 1 N–H and O–H groups in total. The molecular formula is C17H20N2O2. The third-order valence-corrected chi connectivity index (χ3v) is 5.23. The molecule has 4 heteroatoms. The lowest BCUT2D eigenvalue weighted by atomic mass is 9.89. The minimum Gasteiger partial charge on any atom is -0.356 e. The fourth-order valence-corrected chi connectivity index (χ4v) is 4.15. The molecule has 1 amide bonds. The Morgan fingerprint density at radius 3 is 3.00 bits per heavy atom. The van der Waals surface area contributed by atoms with E-state index in [0.29, 0.717) is 12.3 Å². The second-order valence-corrected chi connectivity index (χ2v) is 6.54. The minimum atomic E-state index is 0.0526. The maximum atomic E-state index is 12.1. The van der Waals surface area contributed by atoms with Crippen molar-refractivity contribution in [1.29, 1.82) is 0 Å². The standard InChI is InChI=1S/C17H20N2O2/c20-17(18-10-13-8-11-5-6-12(13)7-11)9-15-14-3-1-2-4-16(14)21-19-15/h1-4,11-13H,5-10H2,(H,18,20)/t11-,12-,13-/m0/s1. The zero-order valence-electron chi connectivity index (χ0n) is 12.0. The van der Waals surface area contributed by atoms with Gasteiger partial charge in [-0.15, -0.1) is 0 Å². The van der Waals surface area contributed by atoms with Crippen LogP contribution in [-0.4, -0.2) is 17.6 Å². The van der Waals surface area contributed by atoms with E-state index in [-0.39, 0.29) is 5.91 Å². The van der Waals surface area contributed by atoms with Gasteiger partial charge in [-0.3, -0.25) is 4.79 Å². The Balaban J connectivity index is 1.35. The number of nitrogens with zero attached hydrogens (tertiary/aromatic N) is 1. The number of benzene rings is 1. The minimum absolute atomic E-state index is 0.0526. The first-order valence-corrected chi connectivity index (χ1v) is 7.89. The number of rotatable bonds is 4. The summed E-state index contributed by atoms with van der Waals surface area (Å²) in [4.78, 5) is 12.1. The molecule has 0 unspecified atom stereocenters. The van der Waals surface area contributed by atoms with E-state index in [1.54, 1.807) is 0 Å². The van der Waals surface area contributed by atoms with E-state index < -0.39 is 0 Å². The summed E-state index contributed by atoms with van der Waals surface area (Å²) in [6.07, 6.45) is 5.75. The Bertz CT molecular complexity index is 664. The molecule has 2 saturated carbocycles. The zero-order chi connectivity index (χ0) is 14.2. The summed E-state index contributed by atoms with van der Waals surface area (Å²) in [6, 6.07) is 7.67. The van der Waals surface area contributed by atoms with Gasteiger partial charge in [0, 0.05) is 11.9 Å². The number of hydrogen-bond donors (Lipinski definition) is 1. The Hall–Kier alpha value is -1.84. The molecule has 1 aromatic carbocycles. The van der Waals surface area contributed by atoms with Gasteiger partial charge in [-0.25, -0.2) is 0 Å².